The Balaban J connectivity index is 1.47. The van der Waals surface area contributed by atoms with Gasteiger partial charge in [-0.25, -0.2) is 18.4 Å². The molecule has 0 radical (unpaired) electrons. The van der Waals surface area contributed by atoms with Gasteiger partial charge in [0.1, 0.15) is 5.75 Å². The maximum Gasteiger partial charge on any atom is 0.412 e. The lowest BCUT2D eigenvalue weighted by molar-refractivity contribution is -0.140. The van der Waals surface area contributed by atoms with Crippen LogP contribution in [0, 0.1) is 11.6 Å². The number of hydrogen-bond acceptors (Lipinski definition) is 6. The van der Waals surface area contributed by atoms with Crippen LogP contribution in [0.3, 0.4) is 0 Å². The van der Waals surface area contributed by atoms with Crippen molar-refractivity contribution in [2.45, 2.75) is 52.1 Å². The molecule has 0 unspecified atom stereocenters. The summed E-state index contributed by atoms with van der Waals surface area (Å²) in [5, 5.41) is 3.56. The highest BCUT2D eigenvalue weighted by Crippen LogP contribution is 2.41. The molecular formula is C32H36F2N4O5. The molecule has 9 nitrogen and oxygen atoms in total. The Morgan fingerprint density at radius 1 is 1.05 bits per heavy atom. The van der Waals surface area contributed by atoms with Crippen LogP contribution in [0.2, 0.25) is 0 Å². The van der Waals surface area contributed by atoms with Crippen molar-refractivity contribution in [1.82, 2.24) is 20.1 Å². The Morgan fingerprint density at radius 3 is 2.49 bits per heavy atom. The summed E-state index contributed by atoms with van der Waals surface area (Å²) in [7, 11) is 0. The molecule has 0 atom stereocenters. The highest BCUT2D eigenvalue weighted by atomic mass is 19.2. The smallest absolute Gasteiger partial charge is 0.412 e. The summed E-state index contributed by atoms with van der Waals surface area (Å²) in [6.07, 6.45) is 2.76. The molecule has 1 aromatic heterocycles. The van der Waals surface area contributed by atoms with E-state index in [2.05, 4.69) is 15.2 Å². The molecule has 0 aliphatic carbocycles. The van der Waals surface area contributed by atoms with E-state index >= 15 is 0 Å². The van der Waals surface area contributed by atoms with E-state index in [1.54, 1.807) is 32.0 Å². The molecule has 1 fully saturated rings. The summed E-state index contributed by atoms with van der Waals surface area (Å²) in [4.78, 5) is 46.2. The largest absolute Gasteiger partial charge is 0.459 e. The Kier molecular flexibility index (Phi) is 8.55. The van der Waals surface area contributed by atoms with Crippen LogP contribution < -0.4 is 10.1 Å². The lowest BCUT2D eigenvalue weighted by Crippen LogP contribution is -2.37. The van der Waals surface area contributed by atoms with Gasteiger partial charge in [0.25, 0.3) is 5.91 Å². The van der Waals surface area contributed by atoms with Gasteiger partial charge in [0.05, 0.1) is 17.4 Å². The first kappa shape index (κ1) is 30.2. The van der Waals surface area contributed by atoms with Gasteiger partial charge in [-0.2, -0.15) is 0 Å². The Hall–Kier alpha value is -4.25. The molecule has 2 aromatic carbocycles. The Morgan fingerprint density at radius 2 is 1.79 bits per heavy atom. The molecule has 228 valence electrons. The SMILES string of the molecule is CC(C)OC(=O)C1=CN(C(=O)c2ccc(F)c(F)c2)CC(C)(C)c2c1[nH]c1cc(OC(=O)NCCN3CCCC3)ccc21. The monoisotopic (exact) mass is 594 g/mol. The van der Waals surface area contributed by atoms with Crippen molar-refractivity contribution in [2.75, 3.05) is 32.7 Å². The summed E-state index contributed by atoms with van der Waals surface area (Å²) in [5.41, 5.74) is 1.18. The predicted octanol–water partition coefficient (Wildman–Crippen LogP) is 5.36. The van der Waals surface area contributed by atoms with Crippen LogP contribution in [0.4, 0.5) is 13.6 Å². The number of nitrogens with one attached hydrogen (secondary N) is 2. The second-order valence-electron chi connectivity index (χ2n) is 11.9. The third-order valence-corrected chi connectivity index (χ3v) is 7.66. The minimum atomic E-state index is -1.14. The van der Waals surface area contributed by atoms with E-state index < -0.39 is 41.1 Å². The number of esters is 1. The van der Waals surface area contributed by atoms with E-state index in [4.69, 9.17) is 9.47 Å². The van der Waals surface area contributed by atoms with E-state index in [-0.39, 0.29) is 17.7 Å². The molecule has 0 saturated carbocycles. The maximum absolute atomic E-state index is 14.0. The van der Waals surface area contributed by atoms with Gasteiger partial charge in [-0.05, 0) is 75.7 Å². The number of hydrogen-bond donors (Lipinski definition) is 2. The lowest BCUT2D eigenvalue weighted by Gasteiger charge is -2.29. The van der Waals surface area contributed by atoms with Gasteiger partial charge in [0.15, 0.2) is 11.6 Å². The topological polar surface area (TPSA) is 104 Å². The number of nitrogens with zero attached hydrogens (tertiary/aromatic N) is 2. The molecule has 2 N–H and O–H groups in total. The number of H-pyrrole nitrogens is 1. The third kappa shape index (κ3) is 6.56. The van der Waals surface area contributed by atoms with E-state index in [0.717, 1.165) is 42.7 Å². The first-order chi connectivity index (χ1) is 20.4. The first-order valence-corrected chi connectivity index (χ1v) is 14.5. The fourth-order valence-electron chi connectivity index (χ4n) is 5.74. The number of halogens is 2. The van der Waals surface area contributed by atoms with Crippen LogP contribution in [0.25, 0.3) is 16.5 Å². The zero-order chi connectivity index (χ0) is 30.9. The van der Waals surface area contributed by atoms with Crippen molar-refractivity contribution < 1.29 is 32.6 Å². The number of rotatable bonds is 7. The Labute approximate surface area is 248 Å². The normalized spacial score (nSPS) is 16.5. The van der Waals surface area contributed by atoms with Crippen molar-refractivity contribution in [1.29, 1.82) is 0 Å². The van der Waals surface area contributed by atoms with Gasteiger partial charge in [-0.1, -0.05) is 13.8 Å². The maximum atomic E-state index is 14.0. The summed E-state index contributed by atoms with van der Waals surface area (Å²) in [6, 6.07) is 8.11. The van der Waals surface area contributed by atoms with Gasteiger partial charge in [-0.15, -0.1) is 0 Å². The molecular weight excluding hydrogens is 558 g/mol. The first-order valence-electron chi connectivity index (χ1n) is 14.5. The molecule has 2 aliphatic rings. The highest BCUT2D eigenvalue weighted by molar-refractivity contribution is 6.18. The Bertz CT molecular complexity index is 1590. The van der Waals surface area contributed by atoms with Gasteiger partial charge >= 0.3 is 12.1 Å². The number of carbonyl (C=O) groups excluding carboxylic acids is 3. The fourth-order valence-corrected chi connectivity index (χ4v) is 5.74. The highest BCUT2D eigenvalue weighted by Gasteiger charge is 2.38. The van der Waals surface area contributed by atoms with Crippen LogP contribution in [0.15, 0.2) is 42.6 Å². The molecule has 43 heavy (non-hydrogen) atoms. The molecule has 2 aliphatic heterocycles. The van der Waals surface area contributed by atoms with Crippen LogP contribution in [-0.2, 0) is 14.9 Å². The minimum absolute atomic E-state index is 0.0570. The van der Waals surface area contributed by atoms with Crippen molar-refractivity contribution in [2.24, 2.45) is 0 Å². The van der Waals surface area contributed by atoms with Crippen LogP contribution in [-0.4, -0.2) is 71.6 Å². The van der Waals surface area contributed by atoms with Gasteiger partial charge in [-0.3, -0.25) is 4.79 Å². The van der Waals surface area contributed by atoms with Crippen molar-refractivity contribution in [3.63, 3.8) is 0 Å². The molecule has 5 rings (SSSR count). The average Bonchev–Trinajstić information content (AvgIpc) is 3.57. The van der Waals surface area contributed by atoms with Crippen molar-refractivity contribution in [3.8, 4) is 5.75 Å². The number of fused-ring (bicyclic) bond motifs is 3. The number of benzene rings is 2. The molecule has 0 bridgehead atoms. The zero-order valence-corrected chi connectivity index (χ0v) is 24.8. The molecule has 1 saturated heterocycles. The zero-order valence-electron chi connectivity index (χ0n) is 24.8. The second kappa shape index (κ2) is 12.2. The quantitative estimate of drug-likeness (QED) is 0.357. The van der Waals surface area contributed by atoms with Gasteiger partial charge in [0, 0.05) is 53.8 Å². The van der Waals surface area contributed by atoms with Crippen molar-refractivity contribution >= 4 is 34.4 Å². The van der Waals surface area contributed by atoms with Gasteiger partial charge < -0.3 is 29.6 Å². The number of likely N-dealkylation sites (tertiary alicyclic amines) is 1. The molecule has 11 heteroatoms. The average molecular weight is 595 g/mol. The van der Waals surface area contributed by atoms with Crippen LogP contribution in [0.1, 0.15) is 62.2 Å². The van der Waals surface area contributed by atoms with Crippen LogP contribution >= 0.6 is 0 Å². The van der Waals surface area contributed by atoms with E-state index in [1.807, 2.05) is 13.8 Å². The number of aromatic nitrogens is 1. The van der Waals surface area contributed by atoms with Gasteiger partial charge in [0.2, 0.25) is 0 Å². The molecule has 3 aromatic rings. The number of carbonyl (C=O) groups is 3. The third-order valence-electron chi connectivity index (χ3n) is 7.66. The molecule has 3 heterocycles. The van der Waals surface area contributed by atoms with E-state index in [0.29, 0.717) is 23.5 Å². The molecule has 0 spiro atoms. The van der Waals surface area contributed by atoms with E-state index in [9.17, 15) is 23.2 Å². The standard InChI is InChI=1S/C32H36F2N4O5/c1-19(2)42-30(40)23-17-38(29(39)20-7-10-24(33)25(34)15-20)18-32(3,4)27-22-9-8-21(16-26(22)36-28(23)27)43-31(41)35-11-14-37-12-5-6-13-37/h7-10,15-17,19,36H,5-6,11-14,18H2,1-4H3,(H,35,41). The summed E-state index contributed by atoms with van der Waals surface area (Å²) in [6.45, 7) is 10.7. The summed E-state index contributed by atoms with van der Waals surface area (Å²) < 4.78 is 38.6. The predicted molar refractivity (Wildman–Crippen MR) is 158 cm³/mol. The number of ether oxygens (including phenoxy) is 2. The van der Waals surface area contributed by atoms with Crippen molar-refractivity contribution in [3.05, 3.63) is 71.1 Å². The summed E-state index contributed by atoms with van der Waals surface area (Å²) in [5.74, 6) is -3.13. The number of aromatic amines is 1. The fraction of sp³-hybridized carbons (Fsp3) is 0.406. The summed E-state index contributed by atoms with van der Waals surface area (Å²) >= 11 is 0. The molecule has 2 amide bonds. The van der Waals surface area contributed by atoms with E-state index in [1.165, 1.54) is 30.0 Å². The lowest BCUT2D eigenvalue weighted by atomic mass is 9.81. The number of amides is 2. The minimum Gasteiger partial charge on any atom is -0.459 e. The second-order valence-corrected chi connectivity index (χ2v) is 11.9. The van der Waals surface area contributed by atoms with Crippen LogP contribution in [0.5, 0.6) is 5.75 Å².